The first-order valence-electron chi connectivity index (χ1n) is 10.4. The molecule has 1 saturated carbocycles. The fraction of sp³-hybridized carbons (Fsp3) is 0.458. The number of benzene rings is 2. The Hall–Kier alpha value is -2.33. The van der Waals surface area contributed by atoms with Crippen LogP contribution < -0.4 is 0 Å². The van der Waals surface area contributed by atoms with Crippen LogP contribution in [0.3, 0.4) is 0 Å². The van der Waals surface area contributed by atoms with Gasteiger partial charge in [0.05, 0.1) is 6.61 Å². The van der Waals surface area contributed by atoms with Gasteiger partial charge in [-0.25, -0.2) is 4.79 Å². The molecule has 5 rings (SSSR count). The molecule has 2 fully saturated rings. The Labute approximate surface area is 166 Å². The third kappa shape index (κ3) is 2.91. The minimum absolute atomic E-state index is 0.0902. The lowest BCUT2D eigenvalue weighted by Crippen LogP contribution is -2.53. The lowest BCUT2D eigenvalue weighted by Gasteiger charge is -2.48. The lowest BCUT2D eigenvalue weighted by atomic mass is 9.67. The molecule has 4 nitrogen and oxygen atoms in total. The Balaban J connectivity index is 1.32. The number of rotatable bonds is 3. The second kappa shape index (κ2) is 6.93. The highest BCUT2D eigenvalue weighted by atomic mass is 16.6. The van der Waals surface area contributed by atoms with E-state index in [2.05, 4.69) is 48.5 Å². The van der Waals surface area contributed by atoms with E-state index in [9.17, 15) is 9.90 Å². The molecule has 2 aromatic carbocycles. The van der Waals surface area contributed by atoms with E-state index < -0.39 is 0 Å². The molecule has 1 N–H and O–H groups in total. The van der Waals surface area contributed by atoms with E-state index in [0.29, 0.717) is 19.1 Å². The summed E-state index contributed by atoms with van der Waals surface area (Å²) in [7, 11) is 0. The van der Waals surface area contributed by atoms with Crippen LogP contribution in [0.5, 0.6) is 0 Å². The number of likely N-dealkylation sites (tertiary alicyclic amines) is 1. The lowest BCUT2D eigenvalue weighted by molar-refractivity contribution is -0.0271. The average Bonchev–Trinajstić information content (AvgIpc) is 3.05. The second-order valence-corrected chi connectivity index (χ2v) is 8.81. The van der Waals surface area contributed by atoms with Crippen LogP contribution in [0, 0.1) is 11.3 Å². The van der Waals surface area contributed by atoms with Gasteiger partial charge in [-0.15, -0.1) is 0 Å². The molecule has 0 aromatic heterocycles. The maximum atomic E-state index is 12.9. The van der Waals surface area contributed by atoms with Crippen molar-refractivity contribution in [2.24, 2.45) is 11.3 Å². The number of hydrogen-bond acceptors (Lipinski definition) is 3. The van der Waals surface area contributed by atoms with Gasteiger partial charge in [-0.1, -0.05) is 55.0 Å². The SMILES string of the molecule is O=C(OCC1c2ccccc2-c2ccccc21)N1CC2CCCC(CO)(C2)C1. The molecule has 1 heterocycles. The minimum Gasteiger partial charge on any atom is -0.448 e. The fourth-order valence-electron chi connectivity index (χ4n) is 5.68. The van der Waals surface area contributed by atoms with Crippen molar-refractivity contribution >= 4 is 6.09 Å². The number of aliphatic hydroxyl groups excluding tert-OH is 1. The van der Waals surface area contributed by atoms with Crippen LogP contribution in [-0.2, 0) is 4.74 Å². The highest BCUT2D eigenvalue weighted by molar-refractivity contribution is 5.79. The summed E-state index contributed by atoms with van der Waals surface area (Å²) in [6.07, 6.45) is 4.12. The Morgan fingerprint density at radius 2 is 1.79 bits per heavy atom. The zero-order valence-corrected chi connectivity index (χ0v) is 16.1. The summed E-state index contributed by atoms with van der Waals surface area (Å²) in [5.74, 6) is 0.586. The summed E-state index contributed by atoms with van der Waals surface area (Å²) in [5, 5.41) is 9.93. The monoisotopic (exact) mass is 377 g/mol. The maximum Gasteiger partial charge on any atom is 0.409 e. The molecule has 3 aliphatic rings. The molecule has 1 aliphatic heterocycles. The van der Waals surface area contributed by atoms with Gasteiger partial charge < -0.3 is 14.7 Å². The standard InChI is InChI=1S/C24H27NO3/c26-16-24-11-5-6-17(12-24)13-25(15-24)23(27)28-14-22-20-9-3-1-7-18(20)19-8-2-4-10-21(19)22/h1-4,7-10,17,22,26H,5-6,11-16H2. The van der Waals surface area contributed by atoms with Crippen molar-refractivity contribution in [2.75, 3.05) is 26.3 Å². The summed E-state index contributed by atoms with van der Waals surface area (Å²) < 4.78 is 5.84. The molecule has 2 aromatic rings. The average molecular weight is 377 g/mol. The molecule has 2 bridgehead atoms. The highest BCUT2D eigenvalue weighted by Gasteiger charge is 2.44. The number of nitrogens with zero attached hydrogens (tertiary/aromatic N) is 1. The van der Waals surface area contributed by atoms with Crippen LogP contribution in [0.25, 0.3) is 11.1 Å². The molecule has 146 valence electrons. The van der Waals surface area contributed by atoms with Crippen molar-refractivity contribution in [3.8, 4) is 11.1 Å². The third-order valence-electron chi connectivity index (χ3n) is 6.98. The number of amides is 1. The van der Waals surface area contributed by atoms with Gasteiger partial charge in [0.1, 0.15) is 6.61 Å². The number of hydrogen-bond donors (Lipinski definition) is 1. The predicted octanol–water partition coefficient (Wildman–Crippen LogP) is 4.42. The van der Waals surface area contributed by atoms with Gasteiger partial charge in [-0.05, 0) is 47.4 Å². The van der Waals surface area contributed by atoms with E-state index in [1.54, 1.807) is 0 Å². The number of piperidine rings is 1. The highest BCUT2D eigenvalue weighted by Crippen LogP contribution is 2.46. The Morgan fingerprint density at radius 3 is 2.46 bits per heavy atom. The zero-order chi connectivity index (χ0) is 19.1. The molecule has 1 amide bonds. The van der Waals surface area contributed by atoms with Gasteiger partial charge >= 0.3 is 6.09 Å². The van der Waals surface area contributed by atoms with Gasteiger partial charge in [0, 0.05) is 24.4 Å². The molecule has 2 atom stereocenters. The normalized spacial score (nSPS) is 25.9. The van der Waals surface area contributed by atoms with E-state index in [0.717, 1.165) is 32.2 Å². The van der Waals surface area contributed by atoms with Gasteiger partial charge in [0.25, 0.3) is 0 Å². The zero-order valence-electron chi connectivity index (χ0n) is 16.1. The van der Waals surface area contributed by atoms with Crippen molar-refractivity contribution in [1.82, 2.24) is 4.90 Å². The minimum atomic E-state index is -0.230. The van der Waals surface area contributed by atoms with Crippen LogP contribution in [0.4, 0.5) is 4.79 Å². The molecule has 28 heavy (non-hydrogen) atoms. The van der Waals surface area contributed by atoms with E-state index in [4.69, 9.17) is 4.74 Å². The Bertz CT molecular complexity index is 849. The first-order valence-corrected chi connectivity index (χ1v) is 10.4. The van der Waals surface area contributed by atoms with Gasteiger partial charge in [-0.2, -0.15) is 0 Å². The smallest absolute Gasteiger partial charge is 0.409 e. The predicted molar refractivity (Wildman–Crippen MR) is 108 cm³/mol. The summed E-state index contributed by atoms with van der Waals surface area (Å²) >= 11 is 0. The van der Waals surface area contributed by atoms with E-state index in [-0.39, 0.29) is 24.0 Å². The molecule has 2 aliphatic carbocycles. The maximum absolute atomic E-state index is 12.9. The van der Waals surface area contributed by atoms with E-state index in [1.165, 1.54) is 22.3 Å². The number of aliphatic hydroxyl groups is 1. The largest absolute Gasteiger partial charge is 0.448 e. The van der Waals surface area contributed by atoms with Crippen LogP contribution in [-0.4, -0.2) is 42.4 Å². The molecule has 1 saturated heterocycles. The third-order valence-corrected chi connectivity index (χ3v) is 6.98. The molecule has 0 radical (unpaired) electrons. The van der Waals surface area contributed by atoms with Crippen LogP contribution >= 0.6 is 0 Å². The van der Waals surface area contributed by atoms with E-state index in [1.807, 2.05) is 4.90 Å². The quantitative estimate of drug-likeness (QED) is 0.861. The first-order chi connectivity index (χ1) is 13.7. The number of carbonyl (C=O) groups is 1. The van der Waals surface area contributed by atoms with Crippen LogP contribution in [0.15, 0.2) is 48.5 Å². The number of carbonyl (C=O) groups excluding carboxylic acids is 1. The summed E-state index contributed by atoms with van der Waals surface area (Å²) in [6.45, 7) is 1.91. The van der Waals surface area contributed by atoms with Gasteiger partial charge in [-0.3, -0.25) is 0 Å². The van der Waals surface area contributed by atoms with Crippen LogP contribution in [0.1, 0.15) is 42.7 Å². The Kier molecular flexibility index (Phi) is 4.39. The molecule has 0 spiro atoms. The molecular weight excluding hydrogens is 350 g/mol. The Morgan fingerprint density at radius 1 is 1.11 bits per heavy atom. The molecule has 2 unspecified atom stereocenters. The summed E-state index contributed by atoms with van der Waals surface area (Å²) in [4.78, 5) is 14.7. The van der Waals surface area contributed by atoms with Crippen molar-refractivity contribution in [2.45, 2.75) is 31.6 Å². The number of ether oxygens (including phenoxy) is 1. The second-order valence-electron chi connectivity index (χ2n) is 8.81. The van der Waals surface area contributed by atoms with Gasteiger partial charge in [0.15, 0.2) is 0 Å². The topological polar surface area (TPSA) is 49.8 Å². The van der Waals surface area contributed by atoms with E-state index >= 15 is 0 Å². The first kappa shape index (κ1) is 17.7. The van der Waals surface area contributed by atoms with Gasteiger partial charge in [0.2, 0.25) is 0 Å². The van der Waals surface area contributed by atoms with Crippen molar-refractivity contribution in [3.63, 3.8) is 0 Å². The summed E-state index contributed by atoms with van der Waals surface area (Å²) in [5.41, 5.74) is 4.83. The number of fused-ring (bicyclic) bond motifs is 5. The summed E-state index contributed by atoms with van der Waals surface area (Å²) in [6, 6.07) is 16.8. The van der Waals surface area contributed by atoms with Crippen LogP contribution in [0.2, 0.25) is 0 Å². The van der Waals surface area contributed by atoms with Crippen molar-refractivity contribution < 1.29 is 14.6 Å². The fourth-order valence-corrected chi connectivity index (χ4v) is 5.68. The molecule has 4 heteroatoms. The van der Waals surface area contributed by atoms with Crippen molar-refractivity contribution in [3.05, 3.63) is 59.7 Å². The van der Waals surface area contributed by atoms with Crippen molar-refractivity contribution in [1.29, 1.82) is 0 Å². The molecular formula is C24H27NO3.